The maximum absolute atomic E-state index is 13.1. The summed E-state index contributed by atoms with van der Waals surface area (Å²) in [7, 11) is 0. The summed E-state index contributed by atoms with van der Waals surface area (Å²) in [6.45, 7) is 1.22. The SMILES string of the molecule is CC(=O)N[C@@H](Cc1ccc(F)cc1)C(=O)N[C@@H](Cc1ccc([N+](=O)[O-])cc1)C(=O)O. The van der Waals surface area contributed by atoms with E-state index in [-0.39, 0.29) is 18.5 Å². The molecule has 0 aliphatic rings. The van der Waals surface area contributed by atoms with Crippen LogP contribution < -0.4 is 10.6 Å². The third kappa shape index (κ3) is 6.66. The second-order valence-electron chi connectivity index (χ2n) is 6.61. The average molecular weight is 417 g/mol. The summed E-state index contributed by atoms with van der Waals surface area (Å²) in [4.78, 5) is 45.9. The number of aliphatic carboxylic acids is 1. The smallest absolute Gasteiger partial charge is 0.326 e. The highest BCUT2D eigenvalue weighted by molar-refractivity contribution is 5.90. The van der Waals surface area contributed by atoms with Gasteiger partial charge >= 0.3 is 5.97 Å². The van der Waals surface area contributed by atoms with Crippen molar-refractivity contribution >= 4 is 23.5 Å². The van der Waals surface area contributed by atoms with E-state index in [1.165, 1.54) is 55.5 Å². The Hall–Kier alpha value is -3.82. The molecule has 0 heterocycles. The van der Waals surface area contributed by atoms with Gasteiger partial charge < -0.3 is 15.7 Å². The van der Waals surface area contributed by atoms with Crippen molar-refractivity contribution in [1.82, 2.24) is 10.6 Å². The fourth-order valence-electron chi connectivity index (χ4n) is 2.77. The minimum atomic E-state index is -1.32. The number of nitro benzene ring substituents is 1. The summed E-state index contributed by atoms with van der Waals surface area (Å²) in [6.07, 6.45) is -0.0715. The van der Waals surface area contributed by atoms with Crippen LogP contribution in [0.2, 0.25) is 0 Å². The first-order chi connectivity index (χ1) is 14.2. The van der Waals surface area contributed by atoms with Gasteiger partial charge in [0.05, 0.1) is 4.92 Å². The molecule has 2 rings (SSSR count). The third-order valence-corrected chi connectivity index (χ3v) is 4.25. The van der Waals surface area contributed by atoms with E-state index in [2.05, 4.69) is 10.6 Å². The topological polar surface area (TPSA) is 139 Å². The van der Waals surface area contributed by atoms with Crippen molar-refractivity contribution < 1.29 is 28.8 Å². The molecule has 0 saturated heterocycles. The Balaban J connectivity index is 2.12. The third-order valence-electron chi connectivity index (χ3n) is 4.25. The molecule has 158 valence electrons. The van der Waals surface area contributed by atoms with Crippen molar-refractivity contribution in [1.29, 1.82) is 0 Å². The van der Waals surface area contributed by atoms with Crippen LogP contribution in [0.1, 0.15) is 18.1 Å². The maximum Gasteiger partial charge on any atom is 0.326 e. The normalized spacial score (nSPS) is 12.5. The van der Waals surface area contributed by atoms with Crippen LogP contribution in [0.15, 0.2) is 48.5 Å². The van der Waals surface area contributed by atoms with Crippen LogP contribution in [-0.4, -0.2) is 39.9 Å². The lowest BCUT2D eigenvalue weighted by molar-refractivity contribution is -0.384. The number of hydrogen-bond donors (Lipinski definition) is 3. The zero-order valence-corrected chi connectivity index (χ0v) is 16.0. The molecule has 2 aromatic rings. The van der Waals surface area contributed by atoms with Gasteiger partial charge in [0.1, 0.15) is 17.9 Å². The van der Waals surface area contributed by atoms with Gasteiger partial charge in [-0.05, 0) is 23.3 Å². The zero-order valence-electron chi connectivity index (χ0n) is 16.0. The number of carbonyl (C=O) groups is 3. The van der Waals surface area contributed by atoms with E-state index >= 15 is 0 Å². The molecule has 0 bridgehead atoms. The van der Waals surface area contributed by atoms with Crippen LogP contribution in [-0.2, 0) is 27.2 Å². The van der Waals surface area contributed by atoms with Crippen molar-refractivity contribution in [3.8, 4) is 0 Å². The first-order valence-corrected chi connectivity index (χ1v) is 8.93. The molecule has 9 nitrogen and oxygen atoms in total. The zero-order chi connectivity index (χ0) is 22.3. The first kappa shape index (κ1) is 22.5. The Labute approximate surface area is 171 Å². The molecule has 0 fully saturated rings. The predicted octanol–water partition coefficient (Wildman–Crippen LogP) is 1.59. The van der Waals surface area contributed by atoms with Crippen molar-refractivity contribution in [3.63, 3.8) is 0 Å². The summed E-state index contributed by atoms with van der Waals surface area (Å²) in [5.41, 5.74) is 0.912. The van der Waals surface area contributed by atoms with Crippen LogP contribution in [0.3, 0.4) is 0 Å². The molecule has 0 aliphatic heterocycles. The Morgan fingerprint density at radius 1 is 0.967 bits per heavy atom. The molecular formula is C20H20FN3O6. The van der Waals surface area contributed by atoms with E-state index in [1.54, 1.807) is 0 Å². The summed E-state index contributed by atoms with van der Waals surface area (Å²) in [5.74, 6) is -2.96. The molecule has 0 spiro atoms. The highest BCUT2D eigenvalue weighted by Crippen LogP contribution is 2.14. The quantitative estimate of drug-likeness (QED) is 0.418. The fourth-order valence-corrected chi connectivity index (χ4v) is 2.77. The largest absolute Gasteiger partial charge is 0.480 e. The number of amides is 2. The molecular weight excluding hydrogens is 397 g/mol. The standard InChI is InChI=1S/C20H20FN3O6/c1-12(25)22-17(10-13-2-6-15(21)7-3-13)19(26)23-18(20(27)28)11-14-4-8-16(9-5-14)24(29)30/h2-9,17-18H,10-11H2,1H3,(H,22,25)(H,23,26)(H,27,28)/t17-,18-/m0/s1. The van der Waals surface area contributed by atoms with Crippen LogP contribution in [0.25, 0.3) is 0 Å². The van der Waals surface area contributed by atoms with Crippen LogP contribution in [0.5, 0.6) is 0 Å². The van der Waals surface area contributed by atoms with Gasteiger partial charge in [-0.15, -0.1) is 0 Å². The van der Waals surface area contributed by atoms with E-state index < -0.39 is 40.6 Å². The Morgan fingerprint density at radius 2 is 1.47 bits per heavy atom. The number of carbonyl (C=O) groups excluding carboxylic acids is 2. The van der Waals surface area contributed by atoms with Crippen LogP contribution in [0, 0.1) is 15.9 Å². The fraction of sp³-hybridized carbons (Fsp3) is 0.250. The van der Waals surface area contributed by atoms with Gasteiger partial charge in [0.25, 0.3) is 5.69 Å². The van der Waals surface area contributed by atoms with E-state index in [0.29, 0.717) is 11.1 Å². The number of nitro groups is 1. The molecule has 10 heteroatoms. The molecule has 0 unspecified atom stereocenters. The Bertz CT molecular complexity index is 931. The van der Waals surface area contributed by atoms with E-state index in [0.717, 1.165) is 0 Å². The van der Waals surface area contributed by atoms with Gasteiger partial charge in [0.15, 0.2) is 0 Å². The number of carboxylic acids is 1. The second kappa shape index (κ2) is 10.1. The van der Waals surface area contributed by atoms with Crippen molar-refractivity contribution in [3.05, 3.63) is 75.6 Å². The average Bonchev–Trinajstić information content (AvgIpc) is 2.68. The lowest BCUT2D eigenvalue weighted by Crippen LogP contribution is -2.52. The Kier molecular flexibility index (Phi) is 7.56. The number of hydrogen-bond acceptors (Lipinski definition) is 5. The highest BCUT2D eigenvalue weighted by Gasteiger charge is 2.26. The minimum absolute atomic E-state index is 0.0373. The summed E-state index contributed by atoms with van der Waals surface area (Å²) < 4.78 is 13.1. The summed E-state index contributed by atoms with van der Waals surface area (Å²) in [5, 5.41) is 25.0. The summed E-state index contributed by atoms with van der Waals surface area (Å²) >= 11 is 0. The molecule has 2 atom stereocenters. The maximum atomic E-state index is 13.1. The molecule has 2 aromatic carbocycles. The molecule has 30 heavy (non-hydrogen) atoms. The first-order valence-electron chi connectivity index (χ1n) is 8.93. The number of nitrogens with zero attached hydrogens (tertiary/aromatic N) is 1. The highest BCUT2D eigenvalue weighted by atomic mass is 19.1. The molecule has 0 aromatic heterocycles. The molecule has 0 aliphatic carbocycles. The molecule has 3 N–H and O–H groups in total. The van der Waals surface area contributed by atoms with Crippen molar-refractivity contribution in [2.24, 2.45) is 0 Å². The molecule has 0 radical (unpaired) electrons. The summed E-state index contributed by atoms with van der Waals surface area (Å²) in [6, 6.07) is 8.27. The van der Waals surface area contributed by atoms with Gasteiger partial charge in [0.2, 0.25) is 11.8 Å². The number of carboxylic acid groups (broad SMARTS) is 1. The number of nitrogens with one attached hydrogen (secondary N) is 2. The van der Waals surface area contributed by atoms with Gasteiger partial charge in [-0.3, -0.25) is 19.7 Å². The number of non-ortho nitro benzene ring substituents is 1. The van der Waals surface area contributed by atoms with Crippen molar-refractivity contribution in [2.75, 3.05) is 0 Å². The molecule has 2 amide bonds. The van der Waals surface area contributed by atoms with Gasteiger partial charge in [-0.2, -0.15) is 0 Å². The van der Waals surface area contributed by atoms with E-state index in [1.807, 2.05) is 0 Å². The van der Waals surface area contributed by atoms with Gasteiger partial charge in [0, 0.05) is 31.9 Å². The van der Waals surface area contributed by atoms with Crippen LogP contribution in [0.4, 0.5) is 10.1 Å². The number of rotatable bonds is 9. The van der Waals surface area contributed by atoms with Gasteiger partial charge in [-0.1, -0.05) is 24.3 Å². The minimum Gasteiger partial charge on any atom is -0.480 e. The Morgan fingerprint density at radius 3 is 1.93 bits per heavy atom. The van der Waals surface area contributed by atoms with E-state index in [4.69, 9.17) is 0 Å². The molecule has 0 saturated carbocycles. The monoisotopic (exact) mass is 417 g/mol. The second-order valence-corrected chi connectivity index (χ2v) is 6.61. The number of benzene rings is 2. The van der Waals surface area contributed by atoms with Crippen LogP contribution >= 0.6 is 0 Å². The van der Waals surface area contributed by atoms with Crippen molar-refractivity contribution in [2.45, 2.75) is 31.8 Å². The lowest BCUT2D eigenvalue weighted by atomic mass is 10.0. The number of halogens is 1. The predicted molar refractivity (Wildman–Crippen MR) is 104 cm³/mol. The van der Waals surface area contributed by atoms with Gasteiger partial charge in [-0.25, -0.2) is 9.18 Å². The van der Waals surface area contributed by atoms with E-state index in [9.17, 15) is 34.0 Å². The lowest BCUT2D eigenvalue weighted by Gasteiger charge is -2.21.